The first-order valence-corrected chi connectivity index (χ1v) is 7.26. The van der Waals surface area contributed by atoms with Gasteiger partial charge < -0.3 is 5.11 Å². The van der Waals surface area contributed by atoms with Crippen molar-refractivity contribution in [2.45, 2.75) is 20.0 Å². The van der Waals surface area contributed by atoms with Crippen LogP contribution in [0, 0.1) is 11.8 Å². The number of rotatable bonds is 5. The van der Waals surface area contributed by atoms with E-state index in [1.165, 1.54) is 11.1 Å². The minimum atomic E-state index is -0.0948. The van der Waals surface area contributed by atoms with Crippen molar-refractivity contribution >= 4 is 0 Å². The summed E-state index contributed by atoms with van der Waals surface area (Å²) in [7, 11) is 0. The van der Waals surface area contributed by atoms with Gasteiger partial charge in [0.1, 0.15) is 6.61 Å². The molecule has 21 heavy (non-hydrogen) atoms. The van der Waals surface area contributed by atoms with Crippen LogP contribution in [0.4, 0.5) is 0 Å². The van der Waals surface area contributed by atoms with Crippen molar-refractivity contribution in [3.05, 3.63) is 71.3 Å². The van der Waals surface area contributed by atoms with Crippen molar-refractivity contribution < 1.29 is 5.11 Å². The van der Waals surface area contributed by atoms with Crippen LogP contribution in [-0.4, -0.2) is 23.2 Å². The van der Waals surface area contributed by atoms with Crippen LogP contribution in [0.5, 0.6) is 0 Å². The van der Waals surface area contributed by atoms with Gasteiger partial charge in [0.2, 0.25) is 0 Å². The number of aliphatic hydroxyl groups is 1. The molecule has 0 saturated carbocycles. The molecule has 0 atom stereocenters. The van der Waals surface area contributed by atoms with E-state index in [1.807, 2.05) is 18.2 Å². The predicted molar refractivity (Wildman–Crippen MR) is 86.6 cm³/mol. The minimum absolute atomic E-state index is 0.0948. The highest BCUT2D eigenvalue weighted by atomic mass is 16.2. The molecule has 2 aromatic rings. The Balaban J connectivity index is 1.98. The van der Waals surface area contributed by atoms with Gasteiger partial charge in [-0.05, 0) is 29.8 Å². The Morgan fingerprint density at radius 1 is 0.905 bits per heavy atom. The standard InChI is InChI=1S/C19H21NO/c1-2-20(15-18-7-4-3-5-8-18)16-19-12-10-17(11-13-19)9-6-14-21/h3-5,7-8,10-13,21H,2,14-16H2,1H3. The van der Waals surface area contributed by atoms with Crippen LogP contribution in [0.1, 0.15) is 23.6 Å². The predicted octanol–water partition coefficient (Wildman–Crippen LogP) is 3.05. The Kier molecular flexibility index (Phi) is 6.02. The molecule has 0 aliphatic carbocycles. The Labute approximate surface area is 127 Å². The van der Waals surface area contributed by atoms with E-state index in [0.717, 1.165) is 25.2 Å². The van der Waals surface area contributed by atoms with Gasteiger partial charge in [-0.2, -0.15) is 0 Å². The third-order valence-corrected chi connectivity index (χ3v) is 3.37. The molecule has 2 heteroatoms. The summed E-state index contributed by atoms with van der Waals surface area (Å²) in [5.41, 5.74) is 3.56. The van der Waals surface area contributed by atoms with Crippen molar-refractivity contribution in [2.75, 3.05) is 13.2 Å². The molecule has 0 aliphatic rings. The second kappa shape index (κ2) is 8.26. The van der Waals surface area contributed by atoms with Crippen molar-refractivity contribution in [1.29, 1.82) is 0 Å². The maximum atomic E-state index is 8.69. The number of nitrogens with zero attached hydrogens (tertiary/aromatic N) is 1. The molecule has 0 bridgehead atoms. The highest BCUT2D eigenvalue weighted by Crippen LogP contribution is 2.10. The van der Waals surface area contributed by atoms with Crippen LogP contribution in [0.2, 0.25) is 0 Å². The molecule has 0 unspecified atom stereocenters. The summed E-state index contributed by atoms with van der Waals surface area (Å²) in [5.74, 6) is 5.58. The zero-order chi connectivity index (χ0) is 14.9. The molecule has 0 aliphatic heterocycles. The van der Waals surface area contributed by atoms with Gasteiger partial charge in [-0.25, -0.2) is 0 Å². The van der Waals surface area contributed by atoms with E-state index < -0.39 is 0 Å². The summed E-state index contributed by atoms with van der Waals surface area (Å²) >= 11 is 0. The molecule has 1 N–H and O–H groups in total. The number of hydrogen-bond donors (Lipinski definition) is 1. The first-order valence-electron chi connectivity index (χ1n) is 7.26. The topological polar surface area (TPSA) is 23.5 Å². The molecule has 0 aromatic heterocycles. The van der Waals surface area contributed by atoms with Gasteiger partial charge in [0.25, 0.3) is 0 Å². The van der Waals surface area contributed by atoms with E-state index in [0.29, 0.717) is 0 Å². The fourth-order valence-electron chi connectivity index (χ4n) is 2.21. The maximum absolute atomic E-state index is 8.69. The maximum Gasteiger partial charge on any atom is 0.104 e. The highest BCUT2D eigenvalue weighted by molar-refractivity contribution is 5.36. The monoisotopic (exact) mass is 279 g/mol. The van der Waals surface area contributed by atoms with Gasteiger partial charge in [-0.1, -0.05) is 61.2 Å². The zero-order valence-corrected chi connectivity index (χ0v) is 12.4. The summed E-state index contributed by atoms with van der Waals surface area (Å²) in [6.45, 7) is 5.00. The van der Waals surface area contributed by atoms with E-state index in [2.05, 4.69) is 60.1 Å². The average Bonchev–Trinajstić information content (AvgIpc) is 2.54. The molecule has 0 spiro atoms. The molecule has 0 saturated heterocycles. The van der Waals surface area contributed by atoms with Gasteiger partial charge in [0, 0.05) is 18.7 Å². The normalized spacial score (nSPS) is 10.2. The molecule has 2 rings (SSSR count). The highest BCUT2D eigenvalue weighted by Gasteiger charge is 2.04. The van der Waals surface area contributed by atoms with Crippen LogP contribution in [0.3, 0.4) is 0 Å². The second-order valence-electron chi connectivity index (χ2n) is 4.95. The van der Waals surface area contributed by atoms with Gasteiger partial charge in [0.05, 0.1) is 0 Å². The second-order valence-corrected chi connectivity index (χ2v) is 4.95. The quantitative estimate of drug-likeness (QED) is 0.850. The molecular formula is C19H21NO. The third kappa shape index (κ3) is 5.07. The summed E-state index contributed by atoms with van der Waals surface area (Å²) in [6.07, 6.45) is 0. The van der Waals surface area contributed by atoms with Gasteiger partial charge in [-0.15, -0.1) is 0 Å². The first-order chi connectivity index (χ1) is 10.3. The van der Waals surface area contributed by atoms with Crippen LogP contribution in [0.15, 0.2) is 54.6 Å². The summed E-state index contributed by atoms with van der Waals surface area (Å²) in [6, 6.07) is 18.8. The van der Waals surface area contributed by atoms with E-state index in [4.69, 9.17) is 5.11 Å². The van der Waals surface area contributed by atoms with E-state index >= 15 is 0 Å². The SMILES string of the molecule is CCN(Cc1ccccc1)Cc1ccc(C#CCO)cc1. The Hall–Kier alpha value is -2.08. The fourth-order valence-corrected chi connectivity index (χ4v) is 2.21. The number of aliphatic hydroxyl groups excluding tert-OH is 1. The Morgan fingerprint density at radius 3 is 2.10 bits per heavy atom. The molecule has 0 heterocycles. The summed E-state index contributed by atoms with van der Waals surface area (Å²) in [4.78, 5) is 2.41. The van der Waals surface area contributed by atoms with E-state index in [1.54, 1.807) is 0 Å². The Morgan fingerprint density at radius 2 is 1.52 bits per heavy atom. The van der Waals surface area contributed by atoms with Crippen LogP contribution in [-0.2, 0) is 13.1 Å². The van der Waals surface area contributed by atoms with Crippen molar-refractivity contribution in [1.82, 2.24) is 4.90 Å². The molecule has 108 valence electrons. The zero-order valence-electron chi connectivity index (χ0n) is 12.4. The molecule has 2 aromatic carbocycles. The largest absolute Gasteiger partial charge is 0.384 e. The Bertz CT molecular complexity index is 593. The minimum Gasteiger partial charge on any atom is -0.384 e. The van der Waals surface area contributed by atoms with E-state index in [-0.39, 0.29) is 6.61 Å². The smallest absolute Gasteiger partial charge is 0.104 e. The molecular weight excluding hydrogens is 258 g/mol. The van der Waals surface area contributed by atoms with Gasteiger partial charge >= 0.3 is 0 Å². The average molecular weight is 279 g/mol. The number of hydrogen-bond acceptors (Lipinski definition) is 2. The van der Waals surface area contributed by atoms with Crippen LogP contribution < -0.4 is 0 Å². The van der Waals surface area contributed by atoms with E-state index in [9.17, 15) is 0 Å². The molecule has 0 amide bonds. The lowest BCUT2D eigenvalue weighted by Gasteiger charge is -2.20. The molecule has 0 fully saturated rings. The first kappa shape index (κ1) is 15.3. The summed E-state index contributed by atoms with van der Waals surface area (Å²) in [5, 5.41) is 8.69. The van der Waals surface area contributed by atoms with Crippen LogP contribution in [0.25, 0.3) is 0 Å². The van der Waals surface area contributed by atoms with Gasteiger partial charge in [0.15, 0.2) is 0 Å². The lowest BCUT2D eigenvalue weighted by atomic mass is 10.1. The lowest BCUT2D eigenvalue weighted by molar-refractivity contribution is 0.271. The van der Waals surface area contributed by atoms with Crippen molar-refractivity contribution in [2.24, 2.45) is 0 Å². The fraction of sp³-hybridized carbons (Fsp3) is 0.263. The molecule has 0 radical (unpaired) electrons. The third-order valence-electron chi connectivity index (χ3n) is 3.37. The van der Waals surface area contributed by atoms with Crippen LogP contribution >= 0.6 is 0 Å². The number of benzene rings is 2. The lowest BCUT2D eigenvalue weighted by Crippen LogP contribution is -2.22. The van der Waals surface area contributed by atoms with Crippen molar-refractivity contribution in [3.8, 4) is 11.8 Å². The molecule has 2 nitrogen and oxygen atoms in total. The van der Waals surface area contributed by atoms with Gasteiger partial charge in [-0.3, -0.25) is 4.90 Å². The van der Waals surface area contributed by atoms with Crippen molar-refractivity contribution in [3.63, 3.8) is 0 Å². The summed E-state index contributed by atoms with van der Waals surface area (Å²) < 4.78 is 0.